The summed E-state index contributed by atoms with van der Waals surface area (Å²) in [4.78, 5) is 0. The van der Waals surface area contributed by atoms with Gasteiger partial charge in [0.05, 0.1) is 11.4 Å². The Kier molecular flexibility index (Phi) is 4.01. The highest BCUT2D eigenvalue weighted by atomic mass is 16.4. The molecule has 3 fully saturated rings. The van der Waals surface area contributed by atoms with Crippen molar-refractivity contribution in [2.75, 3.05) is 0 Å². The Balaban J connectivity index is 1.61. The van der Waals surface area contributed by atoms with Crippen LogP contribution < -0.4 is 0 Å². The smallest absolute Gasteiger partial charge is 0.0799 e. The molecule has 0 heterocycles. The molecule has 0 radical (unpaired) electrons. The second-order valence-corrected chi connectivity index (χ2v) is 9.52. The van der Waals surface area contributed by atoms with Crippen LogP contribution in [0, 0.1) is 34.5 Å². The molecule has 0 unspecified atom stereocenters. The minimum atomic E-state index is 0.188. The van der Waals surface area contributed by atoms with E-state index in [1.807, 2.05) is 6.92 Å². The molecule has 138 valence electrons. The molecule has 0 aromatic heterocycles. The molecule has 4 heteroatoms. The summed E-state index contributed by atoms with van der Waals surface area (Å²) in [5.41, 5.74) is 3.71. The molecule has 0 aliphatic heterocycles. The third-order valence-electron chi connectivity index (χ3n) is 8.76. The van der Waals surface area contributed by atoms with Gasteiger partial charge >= 0.3 is 0 Å². The van der Waals surface area contributed by atoms with Crippen molar-refractivity contribution in [2.24, 2.45) is 44.8 Å². The molecular weight excluding hydrogens is 312 g/mol. The monoisotopic (exact) mass is 344 g/mol. The van der Waals surface area contributed by atoms with Crippen molar-refractivity contribution in [2.45, 2.75) is 72.1 Å². The quantitative estimate of drug-likeness (QED) is 0.388. The zero-order chi connectivity index (χ0) is 17.8. The summed E-state index contributed by atoms with van der Waals surface area (Å²) in [5.74, 6) is 2.97. The van der Waals surface area contributed by atoms with E-state index < -0.39 is 0 Å². The molecule has 0 aromatic carbocycles. The first-order chi connectivity index (χ1) is 11.9. The first-order valence-corrected chi connectivity index (χ1v) is 10.0. The standard InChI is InChI=1S/C21H32N2O2/c1-13(22-24)17-6-7-18-16-5-4-14-12-15(23-25)8-10-20(14,2)19(16)9-11-21(17,18)3/h6,14,16,18-19,24-25H,4-5,7-12H2,1-3H3/b22-13+,23-15+/t14-,16-,18+,19-,20-,21+/m0/s1. The van der Waals surface area contributed by atoms with Crippen molar-refractivity contribution in [1.82, 2.24) is 0 Å². The summed E-state index contributed by atoms with van der Waals surface area (Å²) in [6.07, 6.45) is 11.7. The average Bonchev–Trinajstić information content (AvgIpc) is 2.97. The van der Waals surface area contributed by atoms with Gasteiger partial charge in [0, 0.05) is 0 Å². The van der Waals surface area contributed by atoms with Crippen LogP contribution in [0.3, 0.4) is 0 Å². The van der Waals surface area contributed by atoms with Gasteiger partial charge in [-0.05, 0) is 98.4 Å². The number of fused-ring (bicyclic) bond motifs is 5. The van der Waals surface area contributed by atoms with E-state index in [1.165, 1.54) is 37.7 Å². The van der Waals surface area contributed by atoms with Crippen molar-refractivity contribution >= 4 is 11.4 Å². The normalized spacial score (nSPS) is 48.5. The van der Waals surface area contributed by atoms with Crippen LogP contribution in [0.1, 0.15) is 72.1 Å². The molecule has 4 nitrogen and oxygen atoms in total. The van der Waals surface area contributed by atoms with Crippen LogP contribution in [0.25, 0.3) is 0 Å². The van der Waals surface area contributed by atoms with Gasteiger partial charge in [-0.15, -0.1) is 0 Å². The lowest BCUT2D eigenvalue weighted by Crippen LogP contribution is -2.53. The lowest BCUT2D eigenvalue weighted by Gasteiger charge is -2.60. The van der Waals surface area contributed by atoms with E-state index in [2.05, 4.69) is 30.2 Å². The third-order valence-corrected chi connectivity index (χ3v) is 8.76. The lowest BCUT2D eigenvalue weighted by atomic mass is 9.44. The maximum atomic E-state index is 9.29. The second-order valence-electron chi connectivity index (χ2n) is 9.52. The minimum Gasteiger partial charge on any atom is -0.411 e. The van der Waals surface area contributed by atoms with Gasteiger partial charge in [-0.3, -0.25) is 0 Å². The zero-order valence-corrected chi connectivity index (χ0v) is 15.8. The summed E-state index contributed by atoms with van der Waals surface area (Å²) < 4.78 is 0. The molecule has 4 rings (SSSR count). The topological polar surface area (TPSA) is 65.2 Å². The molecule has 4 aliphatic rings. The molecule has 0 amide bonds. The lowest BCUT2D eigenvalue weighted by molar-refractivity contribution is -0.0866. The fourth-order valence-electron chi connectivity index (χ4n) is 7.33. The second kappa shape index (κ2) is 5.85. The summed E-state index contributed by atoms with van der Waals surface area (Å²) in [5, 5.41) is 25.6. The summed E-state index contributed by atoms with van der Waals surface area (Å²) in [6, 6.07) is 0. The van der Waals surface area contributed by atoms with Gasteiger partial charge in [-0.2, -0.15) is 0 Å². The molecular formula is C21H32N2O2. The molecule has 4 aliphatic carbocycles. The van der Waals surface area contributed by atoms with Crippen LogP contribution in [0.2, 0.25) is 0 Å². The van der Waals surface area contributed by atoms with Crippen molar-refractivity contribution in [3.63, 3.8) is 0 Å². The molecule has 0 bridgehead atoms. The molecule has 2 N–H and O–H groups in total. The molecule has 3 saturated carbocycles. The predicted octanol–water partition coefficient (Wildman–Crippen LogP) is 5.25. The van der Waals surface area contributed by atoms with Gasteiger partial charge in [0.2, 0.25) is 0 Å². The zero-order valence-electron chi connectivity index (χ0n) is 15.8. The van der Waals surface area contributed by atoms with E-state index in [4.69, 9.17) is 0 Å². The number of allylic oxidation sites excluding steroid dienone is 2. The number of oxime groups is 2. The summed E-state index contributed by atoms with van der Waals surface area (Å²) in [6.45, 7) is 6.88. The van der Waals surface area contributed by atoms with Crippen molar-refractivity contribution in [3.05, 3.63) is 11.6 Å². The highest BCUT2D eigenvalue weighted by Gasteiger charge is 2.58. The van der Waals surface area contributed by atoms with Crippen molar-refractivity contribution < 1.29 is 10.4 Å². The first kappa shape index (κ1) is 17.1. The maximum Gasteiger partial charge on any atom is 0.0799 e. The Morgan fingerprint density at radius 1 is 1.12 bits per heavy atom. The molecule has 0 aromatic rings. The number of nitrogens with zero attached hydrogens (tertiary/aromatic N) is 2. The van der Waals surface area contributed by atoms with E-state index in [0.717, 1.165) is 42.5 Å². The highest BCUT2D eigenvalue weighted by Crippen LogP contribution is 2.66. The fourth-order valence-corrected chi connectivity index (χ4v) is 7.33. The van der Waals surface area contributed by atoms with Crippen LogP contribution in [0.15, 0.2) is 22.0 Å². The van der Waals surface area contributed by atoms with E-state index in [9.17, 15) is 10.4 Å². The van der Waals surface area contributed by atoms with Crippen molar-refractivity contribution in [3.8, 4) is 0 Å². The van der Waals surface area contributed by atoms with Gasteiger partial charge in [0.15, 0.2) is 0 Å². The van der Waals surface area contributed by atoms with Gasteiger partial charge in [-0.25, -0.2) is 0 Å². The van der Waals surface area contributed by atoms with Crippen molar-refractivity contribution in [1.29, 1.82) is 0 Å². The van der Waals surface area contributed by atoms with Crippen LogP contribution in [0.5, 0.6) is 0 Å². The summed E-state index contributed by atoms with van der Waals surface area (Å²) in [7, 11) is 0. The van der Waals surface area contributed by atoms with Crippen LogP contribution in [-0.2, 0) is 0 Å². The third kappa shape index (κ3) is 2.32. The largest absolute Gasteiger partial charge is 0.411 e. The molecule has 25 heavy (non-hydrogen) atoms. The predicted molar refractivity (Wildman–Crippen MR) is 99.3 cm³/mol. The van der Waals surface area contributed by atoms with E-state index in [1.54, 1.807) is 0 Å². The van der Waals surface area contributed by atoms with Crippen LogP contribution >= 0.6 is 0 Å². The van der Waals surface area contributed by atoms with Crippen LogP contribution in [-0.4, -0.2) is 21.8 Å². The molecule has 0 spiro atoms. The van der Waals surface area contributed by atoms with Crippen LogP contribution in [0.4, 0.5) is 0 Å². The molecule has 6 atom stereocenters. The first-order valence-electron chi connectivity index (χ1n) is 10.0. The Morgan fingerprint density at radius 2 is 1.92 bits per heavy atom. The van der Waals surface area contributed by atoms with Gasteiger partial charge < -0.3 is 10.4 Å². The minimum absolute atomic E-state index is 0.188. The van der Waals surface area contributed by atoms with E-state index in [0.29, 0.717) is 17.3 Å². The Hall–Kier alpha value is -1.32. The molecule has 0 saturated heterocycles. The summed E-state index contributed by atoms with van der Waals surface area (Å²) >= 11 is 0. The Morgan fingerprint density at radius 3 is 2.64 bits per heavy atom. The SMILES string of the molecule is C/C(=N\O)C1=CC[C@@H]2[C@@H]3CC[C@H]4C/C(=N/O)CC[C@]4(C)[C@H]3CC[C@]12C. The number of rotatable bonds is 1. The van der Waals surface area contributed by atoms with E-state index >= 15 is 0 Å². The average molecular weight is 344 g/mol. The van der Waals surface area contributed by atoms with Gasteiger partial charge in [-0.1, -0.05) is 30.2 Å². The van der Waals surface area contributed by atoms with E-state index in [-0.39, 0.29) is 5.41 Å². The fraction of sp³-hybridized carbons (Fsp3) is 0.810. The van der Waals surface area contributed by atoms with Gasteiger partial charge in [0.1, 0.15) is 0 Å². The number of hydrogen-bond donors (Lipinski definition) is 2. The maximum absolute atomic E-state index is 9.29. The van der Waals surface area contributed by atoms with Gasteiger partial charge in [0.25, 0.3) is 0 Å². The Bertz CT molecular complexity index is 652. The Labute approximate surface area is 151 Å². The highest BCUT2D eigenvalue weighted by molar-refractivity contribution is 5.99. The number of hydrogen-bond acceptors (Lipinski definition) is 4.